The monoisotopic (exact) mass is 237 g/mol. The van der Waals surface area contributed by atoms with Crippen molar-refractivity contribution in [3.63, 3.8) is 0 Å². The van der Waals surface area contributed by atoms with Crippen LogP contribution in [0.3, 0.4) is 0 Å². The van der Waals surface area contributed by atoms with Crippen LogP contribution in [0.15, 0.2) is 12.4 Å². The molecule has 1 unspecified atom stereocenters. The van der Waals surface area contributed by atoms with E-state index in [0.717, 1.165) is 18.9 Å². The maximum atomic E-state index is 11.2. The Hall–Kier alpha value is -1.69. The number of methoxy groups -OCH3 is 1. The number of aromatic nitrogens is 2. The van der Waals surface area contributed by atoms with Gasteiger partial charge in [0.05, 0.1) is 32.2 Å². The molecule has 0 spiro atoms. The van der Waals surface area contributed by atoms with Crippen LogP contribution in [0.4, 0.5) is 5.82 Å². The van der Waals surface area contributed by atoms with E-state index in [1.807, 2.05) is 6.92 Å². The lowest BCUT2D eigenvalue weighted by atomic mass is 10.3. The molecular formula is C11H15N3O3. The number of nitrogens with zero attached hydrogens (tertiary/aromatic N) is 3. The Labute approximate surface area is 99.6 Å². The van der Waals surface area contributed by atoms with Gasteiger partial charge in [0.1, 0.15) is 5.82 Å². The third-order valence-corrected chi connectivity index (χ3v) is 2.60. The fourth-order valence-electron chi connectivity index (χ4n) is 1.72. The Morgan fingerprint density at radius 3 is 2.94 bits per heavy atom. The van der Waals surface area contributed by atoms with Gasteiger partial charge >= 0.3 is 5.97 Å². The van der Waals surface area contributed by atoms with E-state index in [9.17, 15) is 4.79 Å². The fourth-order valence-corrected chi connectivity index (χ4v) is 1.72. The summed E-state index contributed by atoms with van der Waals surface area (Å²) in [5.74, 6) is 0.284. The molecule has 1 fully saturated rings. The highest BCUT2D eigenvalue weighted by atomic mass is 16.5. The molecule has 6 nitrogen and oxygen atoms in total. The van der Waals surface area contributed by atoms with Gasteiger partial charge in [-0.2, -0.15) is 0 Å². The highest BCUT2D eigenvalue weighted by Gasteiger charge is 2.18. The zero-order valence-electron chi connectivity index (χ0n) is 9.92. The van der Waals surface area contributed by atoms with Crippen molar-refractivity contribution in [3.8, 4) is 0 Å². The van der Waals surface area contributed by atoms with Crippen molar-refractivity contribution in [2.24, 2.45) is 0 Å². The highest BCUT2D eigenvalue weighted by molar-refractivity contribution is 5.86. The molecule has 1 aromatic heterocycles. The second-order valence-corrected chi connectivity index (χ2v) is 3.88. The summed E-state index contributed by atoms with van der Waals surface area (Å²) in [7, 11) is 1.32. The molecule has 2 heterocycles. The molecule has 0 aliphatic carbocycles. The molecule has 2 rings (SSSR count). The maximum absolute atomic E-state index is 11.2. The van der Waals surface area contributed by atoms with E-state index in [1.54, 1.807) is 6.20 Å². The second-order valence-electron chi connectivity index (χ2n) is 3.88. The molecule has 0 aromatic carbocycles. The van der Waals surface area contributed by atoms with E-state index in [-0.39, 0.29) is 11.8 Å². The minimum absolute atomic E-state index is 0.186. The van der Waals surface area contributed by atoms with Gasteiger partial charge in [-0.3, -0.25) is 0 Å². The fraction of sp³-hybridized carbons (Fsp3) is 0.545. The van der Waals surface area contributed by atoms with Crippen LogP contribution >= 0.6 is 0 Å². The Morgan fingerprint density at radius 1 is 1.53 bits per heavy atom. The summed E-state index contributed by atoms with van der Waals surface area (Å²) in [5, 5.41) is 0. The molecule has 1 aliphatic heterocycles. The quantitative estimate of drug-likeness (QED) is 0.697. The zero-order chi connectivity index (χ0) is 12.3. The summed E-state index contributed by atoms with van der Waals surface area (Å²) < 4.78 is 10.0. The van der Waals surface area contributed by atoms with Crippen LogP contribution in [-0.2, 0) is 9.47 Å². The van der Waals surface area contributed by atoms with Crippen molar-refractivity contribution < 1.29 is 14.3 Å². The first kappa shape index (κ1) is 11.8. The van der Waals surface area contributed by atoms with Gasteiger partial charge in [0.2, 0.25) is 0 Å². The Kier molecular flexibility index (Phi) is 3.53. The number of carbonyl (C=O) groups is 1. The topological polar surface area (TPSA) is 64.5 Å². The van der Waals surface area contributed by atoms with Crippen molar-refractivity contribution in [3.05, 3.63) is 18.1 Å². The van der Waals surface area contributed by atoms with Crippen molar-refractivity contribution in [2.45, 2.75) is 13.0 Å². The van der Waals surface area contributed by atoms with Crippen LogP contribution < -0.4 is 4.90 Å². The van der Waals surface area contributed by atoms with Gasteiger partial charge in [0, 0.05) is 13.1 Å². The van der Waals surface area contributed by atoms with Gasteiger partial charge in [-0.15, -0.1) is 0 Å². The number of anilines is 1. The van der Waals surface area contributed by atoms with Gasteiger partial charge in [-0.1, -0.05) is 0 Å². The number of hydrogen-bond donors (Lipinski definition) is 0. The van der Waals surface area contributed by atoms with Crippen LogP contribution in [-0.4, -0.2) is 48.8 Å². The maximum Gasteiger partial charge on any atom is 0.358 e. The van der Waals surface area contributed by atoms with Crippen molar-refractivity contribution >= 4 is 11.8 Å². The molecule has 0 saturated carbocycles. The average Bonchev–Trinajstić information content (AvgIpc) is 2.38. The normalized spacial score (nSPS) is 20.1. The molecular weight excluding hydrogens is 222 g/mol. The molecule has 0 amide bonds. The Morgan fingerprint density at radius 2 is 2.35 bits per heavy atom. The molecule has 1 aromatic rings. The highest BCUT2D eigenvalue weighted by Crippen LogP contribution is 2.13. The minimum Gasteiger partial charge on any atom is -0.464 e. The van der Waals surface area contributed by atoms with E-state index in [2.05, 4.69) is 19.6 Å². The predicted octanol–water partition coefficient (Wildman–Crippen LogP) is 0.488. The van der Waals surface area contributed by atoms with E-state index >= 15 is 0 Å². The SMILES string of the molecule is COC(=O)c1cnc(N2CCOC(C)C2)cn1. The number of hydrogen-bond acceptors (Lipinski definition) is 6. The molecule has 1 saturated heterocycles. The first-order valence-electron chi connectivity index (χ1n) is 5.47. The average molecular weight is 237 g/mol. The summed E-state index contributed by atoms with van der Waals surface area (Å²) in [4.78, 5) is 21.5. The third-order valence-electron chi connectivity index (χ3n) is 2.60. The van der Waals surface area contributed by atoms with Crippen molar-refractivity contribution in [1.82, 2.24) is 9.97 Å². The molecule has 92 valence electrons. The lowest BCUT2D eigenvalue weighted by molar-refractivity contribution is 0.0528. The van der Waals surface area contributed by atoms with Crippen LogP contribution in [0.5, 0.6) is 0 Å². The Bertz CT molecular complexity index is 393. The molecule has 0 N–H and O–H groups in total. The van der Waals surface area contributed by atoms with Gasteiger partial charge in [-0.05, 0) is 6.92 Å². The first-order chi connectivity index (χ1) is 8.20. The summed E-state index contributed by atoms with van der Waals surface area (Å²) in [6.45, 7) is 4.27. The van der Waals surface area contributed by atoms with Gasteiger partial charge in [0.25, 0.3) is 0 Å². The van der Waals surface area contributed by atoms with Crippen LogP contribution in [0.2, 0.25) is 0 Å². The van der Waals surface area contributed by atoms with E-state index < -0.39 is 5.97 Å². The Balaban J connectivity index is 2.09. The zero-order valence-corrected chi connectivity index (χ0v) is 9.92. The number of esters is 1. The van der Waals surface area contributed by atoms with Crippen LogP contribution in [0.1, 0.15) is 17.4 Å². The number of ether oxygens (including phenoxy) is 2. The van der Waals surface area contributed by atoms with Crippen molar-refractivity contribution in [2.75, 3.05) is 31.7 Å². The van der Waals surface area contributed by atoms with Gasteiger partial charge in [0.15, 0.2) is 5.69 Å². The lowest BCUT2D eigenvalue weighted by Crippen LogP contribution is -2.41. The standard InChI is InChI=1S/C11H15N3O3/c1-8-7-14(3-4-17-8)10-6-12-9(5-13-10)11(15)16-2/h5-6,8H,3-4,7H2,1-2H3. The number of morpholine rings is 1. The van der Waals surface area contributed by atoms with Crippen LogP contribution in [0, 0.1) is 0 Å². The first-order valence-corrected chi connectivity index (χ1v) is 5.47. The minimum atomic E-state index is -0.473. The molecule has 17 heavy (non-hydrogen) atoms. The van der Waals surface area contributed by atoms with Gasteiger partial charge < -0.3 is 14.4 Å². The van der Waals surface area contributed by atoms with E-state index in [1.165, 1.54) is 13.3 Å². The largest absolute Gasteiger partial charge is 0.464 e. The summed E-state index contributed by atoms with van der Waals surface area (Å²) in [6, 6.07) is 0. The number of rotatable bonds is 2. The molecule has 1 atom stereocenters. The van der Waals surface area contributed by atoms with E-state index in [0.29, 0.717) is 6.61 Å². The van der Waals surface area contributed by atoms with E-state index in [4.69, 9.17) is 4.74 Å². The smallest absolute Gasteiger partial charge is 0.358 e. The third kappa shape index (κ3) is 2.71. The molecule has 6 heteroatoms. The van der Waals surface area contributed by atoms with Gasteiger partial charge in [-0.25, -0.2) is 14.8 Å². The molecule has 0 bridgehead atoms. The second kappa shape index (κ2) is 5.09. The summed E-state index contributed by atoms with van der Waals surface area (Å²) in [5.41, 5.74) is 0.220. The summed E-state index contributed by atoms with van der Waals surface area (Å²) >= 11 is 0. The lowest BCUT2D eigenvalue weighted by Gasteiger charge is -2.31. The van der Waals surface area contributed by atoms with Crippen LogP contribution in [0.25, 0.3) is 0 Å². The summed E-state index contributed by atoms with van der Waals surface area (Å²) in [6.07, 6.45) is 3.21. The number of carbonyl (C=O) groups excluding carboxylic acids is 1. The van der Waals surface area contributed by atoms with Crippen molar-refractivity contribution in [1.29, 1.82) is 0 Å². The predicted molar refractivity (Wildman–Crippen MR) is 61.0 cm³/mol. The molecule has 0 radical (unpaired) electrons. The molecule has 1 aliphatic rings.